The van der Waals surface area contributed by atoms with Crippen LogP contribution in [0.2, 0.25) is 10.0 Å². The molecule has 0 spiro atoms. The van der Waals surface area contributed by atoms with Gasteiger partial charge in [0.1, 0.15) is 0 Å². The molecule has 3 N–H and O–H groups in total. The lowest BCUT2D eigenvalue weighted by Crippen LogP contribution is -2.53. The standard InChI is InChI=1S/C13H14Cl2N2OS/c1-7-5-13(6-7,11(16)19)12(18)17-10-3-2-8(14)4-9(10)15/h2-4,7H,5-6H2,1H3,(H2,16,19)(H,17,18). The Morgan fingerprint density at radius 3 is 2.58 bits per heavy atom. The van der Waals surface area contributed by atoms with Crippen molar-refractivity contribution < 1.29 is 4.79 Å². The van der Waals surface area contributed by atoms with E-state index in [9.17, 15) is 4.79 Å². The van der Waals surface area contributed by atoms with E-state index in [1.54, 1.807) is 18.2 Å². The fourth-order valence-electron chi connectivity index (χ4n) is 2.46. The summed E-state index contributed by atoms with van der Waals surface area (Å²) >= 11 is 16.9. The Bertz CT molecular complexity index is 541. The molecule has 0 aliphatic heterocycles. The highest BCUT2D eigenvalue weighted by atomic mass is 35.5. The molecule has 1 amide bonds. The molecule has 1 fully saturated rings. The third-order valence-electron chi connectivity index (χ3n) is 3.48. The quantitative estimate of drug-likeness (QED) is 0.837. The lowest BCUT2D eigenvalue weighted by Gasteiger charge is -2.44. The van der Waals surface area contributed by atoms with E-state index in [-0.39, 0.29) is 10.9 Å². The van der Waals surface area contributed by atoms with Crippen LogP contribution < -0.4 is 11.1 Å². The minimum atomic E-state index is -0.738. The summed E-state index contributed by atoms with van der Waals surface area (Å²) in [6.45, 7) is 2.07. The first-order valence-electron chi connectivity index (χ1n) is 5.91. The maximum absolute atomic E-state index is 12.4. The van der Waals surface area contributed by atoms with Crippen molar-refractivity contribution in [3.05, 3.63) is 28.2 Å². The van der Waals surface area contributed by atoms with Gasteiger partial charge in [-0.25, -0.2) is 0 Å². The third kappa shape index (κ3) is 2.71. The number of carbonyl (C=O) groups excluding carboxylic acids is 1. The molecular weight excluding hydrogens is 303 g/mol. The van der Waals surface area contributed by atoms with Crippen molar-refractivity contribution in [3.63, 3.8) is 0 Å². The Morgan fingerprint density at radius 2 is 2.11 bits per heavy atom. The van der Waals surface area contributed by atoms with Gasteiger partial charge in [0.2, 0.25) is 5.91 Å². The molecule has 6 heteroatoms. The van der Waals surface area contributed by atoms with E-state index >= 15 is 0 Å². The third-order valence-corrected chi connectivity index (χ3v) is 4.42. The highest BCUT2D eigenvalue weighted by molar-refractivity contribution is 7.80. The van der Waals surface area contributed by atoms with Crippen LogP contribution in [0.1, 0.15) is 19.8 Å². The van der Waals surface area contributed by atoms with E-state index < -0.39 is 5.41 Å². The zero-order chi connectivity index (χ0) is 14.2. The van der Waals surface area contributed by atoms with Gasteiger partial charge in [-0.3, -0.25) is 4.79 Å². The lowest BCUT2D eigenvalue weighted by molar-refractivity contribution is -0.127. The van der Waals surface area contributed by atoms with E-state index in [1.165, 1.54) is 0 Å². The van der Waals surface area contributed by atoms with Gasteiger partial charge in [-0.1, -0.05) is 42.3 Å². The molecule has 0 atom stereocenters. The smallest absolute Gasteiger partial charge is 0.237 e. The molecule has 0 heterocycles. The normalized spacial score (nSPS) is 25.5. The van der Waals surface area contributed by atoms with Gasteiger partial charge >= 0.3 is 0 Å². The maximum atomic E-state index is 12.4. The van der Waals surface area contributed by atoms with Crippen LogP contribution in [0, 0.1) is 11.3 Å². The van der Waals surface area contributed by atoms with E-state index in [4.69, 9.17) is 41.2 Å². The van der Waals surface area contributed by atoms with E-state index in [0.717, 1.165) is 0 Å². The Balaban J connectivity index is 2.19. The van der Waals surface area contributed by atoms with Gasteiger partial charge < -0.3 is 11.1 Å². The Hall–Kier alpha value is -0.840. The summed E-state index contributed by atoms with van der Waals surface area (Å²) in [5.41, 5.74) is 5.51. The van der Waals surface area contributed by atoms with Crippen LogP contribution in [-0.2, 0) is 4.79 Å². The Morgan fingerprint density at radius 1 is 1.47 bits per heavy atom. The molecule has 0 aromatic heterocycles. The second-order valence-electron chi connectivity index (χ2n) is 5.04. The molecule has 0 unspecified atom stereocenters. The van der Waals surface area contributed by atoms with Gasteiger partial charge in [-0.2, -0.15) is 0 Å². The van der Waals surface area contributed by atoms with Crippen LogP contribution in [-0.4, -0.2) is 10.9 Å². The van der Waals surface area contributed by atoms with Crippen LogP contribution >= 0.6 is 35.4 Å². The monoisotopic (exact) mass is 316 g/mol. The summed E-state index contributed by atoms with van der Waals surface area (Å²) in [7, 11) is 0. The van der Waals surface area contributed by atoms with E-state index in [2.05, 4.69) is 12.2 Å². The van der Waals surface area contributed by atoms with Gasteiger partial charge in [0.05, 0.1) is 21.1 Å². The summed E-state index contributed by atoms with van der Waals surface area (Å²) < 4.78 is 0. The molecule has 0 radical (unpaired) electrons. The zero-order valence-corrected chi connectivity index (χ0v) is 12.7. The van der Waals surface area contributed by atoms with E-state index in [0.29, 0.717) is 34.5 Å². The number of anilines is 1. The number of hydrogen-bond donors (Lipinski definition) is 2. The topological polar surface area (TPSA) is 55.1 Å². The van der Waals surface area contributed by atoms with Gasteiger partial charge in [-0.15, -0.1) is 0 Å². The molecule has 3 nitrogen and oxygen atoms in total. The van der Waals surface area contributed by atoms with Crippen molar-refractivity contribution in [2.24, 2.45) is 17.1 Å². The number of rotatable bonds is 3. The summed E-state index contributed by atoms with van der Waals surface area (Å²) in [6.07, 6.45) is 1.36. The van der Waals surface area contributed by atoms with Crippen molar-refractivity contribution in [1.29, 1.82) is 0 Å². The van der Waals surface area contributed by atoms with Crippen molar-refractivity contribution in [2.75, 3.05) is 5.32 Å². The van der Waals surface area contributed by atoms with Crippen LogP contribution in [0.15, 0.2) is 18.2 Å². The first kappa shape index (κ1) is 14.6. The molecular formula is C13H14Cl2N2OS. The summed E-state index contributed by atoms with van der Waals surface area (Å²) in [6, 6.07) is 4.91. The number of benzene rings is 1. The Kier molecular flexibility index (Phi) is 4.04. The summed E-state index contributed by atoms with van der Waals surface area (Å²) in [4.78, 5) is 12.6. The average Bonchev–Trinajstić information content (AvgIpc) is 2.27. The molecule has 19 heavy (non-hydrogen) atoms. The van der Waals surface area contributed by atoms with Crippen molar-refractivity contribution in [3.8, 4) is 0 Å². The molecule has 1 aromatic rings. The van der Waals surface area contributed by atoms with Gasteiger partial charge in [0.15, 0.2) is 0 Å². The number of carbonyl (C=O) groups is 1. The molecule has 1 saturated carbocycles. The molecule has 0 bridgehead atoms. The summed E-state index contributed by atoms with van der Waals surface area (Å²) in [5, 5.41) is 3.70. The van der Waals surface area contributed by atoms with Crippen LogP contribution in [0.25, 0.3) is 0 Å². The van der Waals surface area contributed by atoms with E-state index in [1.807, 2.05) is 0 Å². The predicted molar refractivity (Wildman–Crippen MR) is 82.7 cm³/mol. The van der Waals surface area contributed by atoms with Crippen molar-refractivity contribution >= 4 is 52.0 Å². The summed E-state index contributed by atoms with van der Waals surface area (Å²) in [5.74, 6) is 0.260. The Labute approximate surface area is 127 Å². The highest BCUT2D eigenvalue weighted by Gasteiger charge is 2.50. The number of hydrogen-bond acceptors (Lipinski definition) is 2. The molecule has 102 valence electrons. The minimum Gasteiger partial charge on any atom is -0.392 e. The fraction of sp³-hybridized carbons (Fsp3) is 0.385. The second kappa shape index (κ2) is 5.27. The van der Waals surface area contributed by atoms with Gasteiger partial charge in [0.25, 0.3) is 0 Å². The predicted octanol–water partition coefficient (Wildman–Crippen LogP) is 3.63. The number of halogens is 2. The first-order chi connectivity index (χ1) is 8.85. The zero-order valence-electron chi connectivity index (χ0n) is 10.4. The largest absolute Gasteiger partial charge is 0.392 e. The highest BCUT2D eigenvalue weighted by Crippen LogP contribution is 2.46. The van der Waals surface area contributed by atoms with Crippen molar-refractivity contribution in [2.45, 2.75) is 19.8 Å². The maximum Gasteiger partial charge on any atom is 0.237 e. The molecule has 0 saturated heterocycles. The average molecular weight is 317 g/mol. The van der Waals surface area contributed by atoms with Crippen LogP contribution in [0.3, 0.4) is 0 Å². The number of thiocarbonyl (C=S) groups is 1. The van der Waals surface area contributed by atoms with Crippen LogP contribution in [0.4, 0.5) is 5.69 Å². The second-order valence-corrected chi connectivity index (χ2v) is 6.32. The first-order valence-corrected chi connectivity index (χ1v) is 7.08. The molecule has 2 rings (SSSR count). The number of nitrogens with two attached hydrogens (primary N) is 1. The number of amides is 1. The number of nitrogens with one attached hydrogen (secondary N) is 1. The molecule has 1 aromatic carbocycles. The van der Waals surface area contributed by atoms with Gasteiger partial charge in [0, 0.05) is 5.02 Å². The molecule has 1 aliphatic carbocycles. The SMILES string of the molecule is CC1CC(C(=O)Nc2ccc(Cl)cc2Cl)(C(N)=S)C1. The fourth-order valence-corrected chi connectivity index (χ4v) is 3.18. The minimum absolute atomic E-state index is 0.192. The van der Waals surface area contributed by atoms with Crippen LogP contribution in [0.5, 0.6) is 0 Å². The lowest BCUT2D eigenvalue weighted by atomic mass is 9.62. The van der Waals surface area contributed by atoms with Crippen molar-refractivity contribution in [1.82, 2.24) is 0 Å². The van der Waals surface area contributed by atoms with Gasteiger partial charge in [-0.05, 0) is 37.0 Å². The molecule has 1 aliphatic rings.